The zero-order chi connectivity index (χ0) is 16.8. The van der Waals surface area contributed by atoms with Gasteiger partial charge in [0.1, 0.15) is 5.75 Å². The average molecular weight is 317 g/mol. The van der Waals surface area contributed by atoms with E-state index in [4.69, 9.17) is 14.3 Å². The lowest BCUT2D eigenvalue weighted by Gasteiger charge is -2.09. The molecule has 0 bridgehead atoms. The number of rotatable bonds is 7. The minimum atomic E-state index is -1.22. The summed E-state index contributed by atoms with van der Waals surface area (Å²) in [5, 5.41) is 11.4. The Balaban J connectivity index is 1.92. The molecule has 6 nitrogen and oxygen atoms in total. The highest BCUT2D eigenvalue weighted by Crippen LogP contribution is 2.18. The molecule has 2 aromatic rings. The molecule has 0 saturated carbocycles. The second kappa shape index (κ2) is 7.49. The Morgan fingerprint density at radius 1 is 1.13 bits per heavy atom. The molecule has 0 aliphatic rings. The number of aromatic carboxylic acids is 1. The number of carbonyl (C=O) groups excluding carboxylic acids is 1. The standard InChI is InChI=1S/C17H19NO5/c1-11(2)9-10-22-13-5-3-12(4-6-13)18-16(19)14-7-8-15(23-14)17(20)21/h3-8,11H,9-10H2,1-2H3,(H,18,19)(H,20,21). The van der Waals surface area contributed by atoms with E-state index in [1.54, 1.807) is 24.3 Å². The first-order chi connectivity index (χ1) is 11.0. The van der Waals surface area contributed by atoms with Crippen LogP contribution in [0.5, 0.6) is 5.75 Å². The fourth-order valence-electron chi connectivity index (χ4n) is 1.81. The molecule has 0 saturated heterocycles. The Hall–Kier alpha value is -2.76. The zero-order valence-corrected chi connectivity index (χ0v) is 13.0. The lowest BCUT2D eigenvalue weighted by molar-refractivity contribution is 0.0660. The highest BCUT2D eigenvalue weighted by molar-refractivity contribution is 6.02. The quantitative estimate of drug-likeness (QED) is 0.813. The third-order valence-corrected chi connectivity index (χ3v) is 3.12. The van der Waals surface area contributed by atoms with Gasteiger partial charge in [-0.3, -0.25) is 4.79 Å². The molecule has 2 N–H and O–H groups in total. The third-order valence-electron chi connectivity index (χ3n) is 3.12. The summed E-state index contributed by atoms with van der Waals surface area (Å²) in [5.41, 5.74) is 0.569. The minimum Gasteiger partial charge on any atom is -0.494 e. The van der Waals surface area contributed by atoms with E-state index in [0.717, 1.165) is 12.2 Å². The fraction of sp³-hybridized carbons (Fsp3) is 0.294. The maximum absolute atomic E-state index is 12.0. The van der Waals surface area contributed by atoms with Gasteiger partial charge >= 0.3 is 5.97 Å². The zero-order valence-electron chi connectivity index (χ0n) is 13.0. The summed E-state index contributed by atoms with van der Waals surface area (Å²) in [5.74, 6) is -0.742. The van der Waals surface area contributed by atoms with Crippen LogP contribution in [0.15, 0.2) is 40.8 Å². The van der Waals surface area contributed by atoms with Crippen LogP contribution in [0.3, 0.4) is 0 Å². The predicted molar refractivity (Wildman–Crippen MR) is 85.0 cm³/mol. The number of hydrogen-bond donors (Lipinski definition) is 2. The van der Waals surface area contributed by atoms with E-state index in [0.29, 0.717) is 18.2 Å². The molecule has 23 heavy (non-hydrogen) atoms. The number of benzene rings is 1. The summed E-state index contributed by atoms with van der Waals surface area (Å²) in [4.78, 5) is 22.7. The number of carboxylic acid groups (broad SMARTS) is 1. The van der Waals surface area contributed by atoms with Crippen molar-refractivity contribution in [2.45, 2.75) is 20.3 Å². The van der Waals surface area contributed by atoms with E-state index in [9.17, 15) is 9.59 Å². The molecule has 0 atom stereocenters. The first-order valence-corrected chi connectivity index (χ1v) is 7.33. The van der Waals surface area contributed by atoms with Gasteiger partial charge in [-0.1, -0.05) is 13.8 Å². The number of hydrogen-bond acceptors (Lipinski definition) is 4. The average Bonchev–Trinajstić information content (AvgIpc) is 2.99. The second-order valence-electron chi connectivity index (χ2n) is 5.48. The molecule has 0 unspecified atom stereocenters. The first kappa shape index (κ1) is 16.6. The molecule has 1 heterocycles. The van der Waals surface area contributed by atoms with Crippen molar-refractivity contribution in [3.63, 3.8) is 0 Å². The summed E-state index contributed by atoms with van der Waals surface area (Å²) >= 11 is 0. The summed E-state index contributed by atoms with van der Waals surface area (Å²) in [6.45, 7) is 4.91. The minimum absolute atomic E-state index is 0.0559. The van der Waals surface area contributed by atoms with Crippen LogP contribution in [0.4, 0.5) is 5.69 Å². The second-order valence-corrected chi connectivity index (χ2v) is 5.48. The monoisotopic (exact) mass is 317 g/mol. The van der Waals surface area contributed by atoms with Gasteiger partial charge in [-0.25, -0.2) is 4.79 Å². The Morgan fingerprint density at radius 2 is 1.78 bits per heavy atom. The van der Waals surface area contributed by atoms with Crippen molar-refractivity contribution in [3.8, 4) is 5.75 Å². The number of amides is 1. The van der Waals surface area contributed by atoms with E-state index in [1.165, 1.54) is 12.1 Å². The number of carboxylic acids is 1. The lowest BCUT2D eigenvalue weighted by Crippen LogP contribution is -2.11. The Morgan fingerprint density at radius 3 is 2.35 bits per heavy atom. The predicted octanol–water partition coefficient (Wildman–Crippen LogP) is 3.66. The third kappa shape index (κ3) is 4.88. The van der Waals surface area contributed by atoms with Gasteiger partial charge in [0.25, 0.3) is 5.91 Å². The molecule has 0 aliphatic heterocycles. The van der Waals surface area contributed by atoms with Crippen LogP contribution in [0.25, 0.3) is 0 Å². The SMILES string of the molecule is CC(C)CCOc1ccc(NC(=O)c2ccc(C(=O)O)o2)cc1. The van der Waals surface area contributed by atoms with E-state index >= 15 is 0 Å². The van der Waals surface area contributed by atoms with Crippen LogP contribution in [0.1, 0.15) is 41.4 Å². The van der Waals surface area contributed by atoms with Gasteiger partial charge in [-0.2, -0.15) is 0 Å². The smallest absolute Gasteiger partial charge is 0.371 e. The molecule has 2 rings (SSSR count). The van der Waals surface area contributed by atoms with Crippen molar-refractivity contribution in [2.75, 3.05) is 11.9 Å². The topological polar surface area (TPSA) is 88.8 Å². The summed E-state index contributed by atoms with van der Waals surface area (Å²) in [7, 11) is 0. The molecule has 0 aliphatic carbocycles. The van der Waals surface area contributed by atoms with Crippen molar-refractivity contribution in [1.82, 2.24) is 0 Å². The van der Waals surface area contributed by atoms with Crippen LogP contribution in [0, 0.1) is 5.92 Å². The number of ether oxygens (including phenoxy) is 1. The van der Waals surface area contributed by atoms with Crippen LogP contribution in [-0.2, 0) is 0 Å². The molecule has 0 radical (unpaired) electrons. The molecule has 1 amide bonds. The summed E-state index contributed by atoms with van der Waals surface area (Å²) < 4.78 is 10.5. The van der Waals surface area contributed by atoms with Crippen molar-refractivity contribution in [2.24, 2.45) is 5.92 Å². The molecule has 6 heteroatoms. The fourth-order valence-corrected chi connectivity index (χ4v) is 1.81. The van der Waals surface area contributed by atoms with Crippen molar-refractivity contribution < 1.29 is 23.8 Å². The summed E-state index contributed by atoms with van der Waals surface area (Å²) in [6.07, 6.45) is 0.975. The lowest BCUT2D eigenvalue weighted by atomic mass is 10.1. The normalized spacial score (nSPS) is 10.6. The van der Waals surface area contributed by atoms with Gasteiger partial charge in [0.15, 0.2) is 5.76 Å². The number of anilines is 1. The number of furan rings is 1. The van der Waals surface area contributed by atoms with Gasteiger partial charge in [0, 0.05) is 5.69 Å². The van der Waals surface area contributed by atoms with Crippen LogP contribution >= 0.6 is 0 Å². The van der Waals surface area contributed by atoms with Gasteiger partial charge < -0.3 is 19.6 Å². The van der Waals surface area contributed by atoms with E-state index < -0.39 is 11.9 Å². The molecule has 1 aromatic carbocycles. The molecule has 0 spiro atoms. The van der Waals surface area contributed by atoms with E-state index in [1.807, 2.05) is 0 Å². The van der Waals surface area contributed by atoms with Gasteiger partial charge in [0.2, 0.25) is 5.76 Å². The number of carbonyl (C=O) groups is 2. The van der Waals surface area contributed by atoms with Crippen LogP contribution in [-0.4, -0.2) is 23.6 Å². The maximum Gasteiger partial charge on any atom is 0.371 e. The van der Waals surface area contributed by atoms with Crippen LogP contribution < -0.4 is 10.1 Å². The Bertz CT molecular complexity index is 673. The van der Waals surface area contributed by atoms with E-state index in [-0.39, 0.29) is 11.5 Å². The molecule has 1 aromatic heterocycles. The Labute approximate surface area is 134 Å². The van der Waals surface area contributed by atoms with Crippen molar-refractivity contribution in [1.29, 1.82) is 0 Å². The maximum atomic E-state index is 12.0. The highest BCUT2D eigenvalue weighted by Gasteiger charge is 2.14. The highest BCUT2D eigenvalue weighted by atomic mass is 16.5. The molecular formula is C17H19NO5. The van der Waals surface area contributed by atoms with Gasteiger partial charge in [0.05, 0.1) is 6.61 Å². The largest absolute Gasteiger partial charge is 0.494 e. The Kier molecular flexibility index (Phi) is 5.41. The van der Waals surface area contributed by atoms with Gasteiger partial charge in [-0.15, -0.1) is 0 Å². The van der Waals surface area contributed by atoms with Crippen LogP contribution in [0.2, 0.25) is 0 Å². The molecule has 0 fully saturated rings. The molecule has 122 valence electrons. The van der Waals surface area contributed by atoms with E-state index in [2.05, 4.69) is 19.2 Å². The summed E-state index contributed by atoms with van der Waals surface area (Å²) in [6, 6.07) is 9.51. The first-order valence-electron chi connectivity index (χ1n) is 7.33. The number of nitrogens with one attached hydrogen (secondary N) is 1. The molecular weight excluding hydrogens is 298 g/mol. The van der Waals surface area contributed by atoms with Crippen molar-refractivity contribution in [3.05, 3.63) is 47.9 Å². The van der Waals surface area contributed by atoms with Crippen molar-refractivity contribution >= 4 is 17.6 Å². The van der Waals surface area contributed by atoms with Gasteiger partial charge in [-0.05, 0) is 48.7 Å².